The highest BCUT2D eigenvalue weighted by Crippen LogP contribution is 2.18. The molecule has 2 aromatic rings. The van der Waals surface area contributed by atoms with E-state index in [-0.39, 0.29) is 5.91 Å². The van der Waals surface area contributed by atoms with Gasteiger partial charge >= 0.3 is 0 Å². The molecule has 1 N–H and O–H groups in total. The number of carbonyl (C=O) groups excluding carboxylic acids is 1. The average Bonchev–Trinajstić information content (AvgIpc) is 2.55. The minimum atomic E-state index is -0.277. The van der Waals surface area contributed by atoms with Crippen LogP contribution in [0.4, 0.5) is 0 Å². The molecule has 0 heterocycles. The van der Waals surface area contributed by atoms with Gasteiger partial charge in [0.1, 0.15) is 5.75 Å². The Morgan fingerprint density at radius 3 is 2.50 bits per heavy atom. The van der Waals surface area contributed by atoms with Crippen LogP contribution in [0, 0.1) is 20.8 Å². The van der Waals surface area contributed by atoms with E-state index in [9.17, 15) is 4.79 Å². The standard InChI is InChI=1S/C20H24N2O2/c1-5-10-24-19-9-7-6-8-17(19)20(23)22-21-13-18-15(3)11-14(2)12-16(18)4/h6-9,11-13H,5,10H2,1-4H3,(H,22,23). The van der Waals surface area contributed by atoms with Crippen molar-refractivity contribution in [2.45, 2.75) is 34.1 Å². The van der Waals surface area contributed by atoms with Gasteiger partial charge in [0.05, 0.1) is 18.4 Å². The predicted molar refractivity (Wildman–Crippen MR) is 97.9 cm³/mol. The molecule has 2 rings (SSSR count). The van der Waals surface area contributed by atoms with Crippen LogP contribution in [0.25, 0.3) is 0 Å². The number of ether oxygens (including phenoxy) is 1. The van der Waals surface area contributed by atoms with Crippen LogP contribution in [0.5, 0.6) is 5.75 Å². The summed E-state index contributed by atoms with van der Waals surface area (Å²) < 4.78 is 5.61. The van der Waals surface area contributed by atoms with Gasteiger partial charge in [-0.3, -0.25) is 4.79 Å². The Kier molecular flexibility index (Phi) is 6.13. The first-order valence-corrected chi connectivity index (χ1v) is 8.16. The number of aryl methyl sites for hydroxylation is 3. The Labute approximate surface area is 143 Å². The second-order valence-corrected chi connectivity index (χ2v) is 5.86. The van der Waals surface area contributed by atoms with Gasteiger partial charge < -0.3 is 4.74 Å². The summed E-state index contributed by atoms with van der Waals surface area (Å²) >= 11 is 0. The van der Waals surface area contributed by atoms with Gasteiger partial charge in [0, 0.05) is 5.56 Å². The molecule has 0 aliphatic carbocycles. The van der Waals surface area contributed by atoms with Crippen molar-refractivity contribution < 1.29 is 9.53 Å². The van der Waals surface area contributed by atoms with Crippen LogP contribution in [0.15, 0.2) is 41.5 Å². The van der Waals surface area contributed by atoms with Crippen LogP contribution >= 0.6 is 0 Å². The quantitative estimate of drug-likeness (QED) is 0.640. The number of nitrogens with zero attached hydrogens (tertiary/aromatic N) is 1. The van der Waals surface area contributed by atoms with Crippen molar-refractivity contribution in [2.75, 3.05) is 6.61 Å². The number of hydrogen-bond donors (Lipinski definition) is 1. The van der Waals surface area contributed by atoms with Crippen molar-refractivity contribution in [1.29, 1.82) is 0 Å². The molecule has 0 aliphatic rings. The zero-order valence-corrected chi connectivity index (χ0v) is 14.7. The Balaban J connectivity index is 2.11. The van der Waals surface area contributed by atoms with E-state index in [2.05, 4.69) is 29.6 Å². The topological polar surface area (TPSA) is 50.7 Å². The number of hydrazone groups is 1. The first kappa shape index (κ1) is 17.7. The van der Waals surface area contributed by atoms with Gasteiger partial charge in [0.2, 0.25) is 0 Å². The van der Waals surface area contributed by atoms with E-state index in [0.29, 0.717) is 17.9 Å². The Hall–Kier alpha value is -2.62. The summed E-state index contributed by atoms with van der Waals surface area (Å²) in [5.41, 5.74) is 7.58. The van der Waals surface area contributed by atoms with E-state index in [4.69, 9.17) is 4.74 Å². The van der Waals surface area contributed by atoms with Gasteiger partial charge in [-0.15, -0.1) is 0 Å². The summed E-state index contributed by atoms with van der Waals surface area (Å²) in [5, 5.41) is 4.11. The van der Waals surface area contributed by atoms with Gasteiger partial charge in [-0.25, -0.2) is 5.43 Å². The van der Waals surface area contributed by atoms with Crippen LogP contribution in [0.3, 0.4) is 0 Å². The fraction of sp³-hybridized carbons (Fsp3) is 0.300. The summed E-state index contributed by atoms with van der Waals surface area (Å²) in [5.74, 6) is 0.301. The monoisotopic (exact) mass is 324 g/mol. The van der Waals surface area contributed by atoms with E-state index >= 15 is 0 Å². The number of rotatable bonds is 6. The number of amides is 1. The highest BCUT2D eigenvalue weighted by Gasteiger charge is 2.11. The molecule has 4 heteroatoms. The third kappa shape index (κ3) is 4.44. The minimum Gasteiger partial charge on any atom is -0.493 e. The molecule has 0 radical (unpaired) electrons. The molecule has 0 fully saturated rings. The lowest BCUT2D eigenvalue weighted by Crippen LogP contribution is -2.19. The number of para-hydroxylation sites is 1. The average molecular weight is 324 g/mol. The molecule has 0 unspecified atom stereocenters. The van der Waals surface area contributed by atoms with Crippen LogP contribution in [-0.4, -0.2) is 18.7 Å². The third-order valence-corrected chi connectivity index (χ3v) is 3.69. The fourth-order valence-corrected chi connectivity index (χ4v) is 2.60. The minimum absolute atomic E-state index is 0.277. The van der Waals surface area contributed by atoms with E-state index in [1.165, 1.54) is 5.56 Å². The highest BCUT2D eigenvalue weighted by molar-refractivity contribution is 5.97. The predicted octanol–water partition coefficient (Wildman–Crippen LogP) is 4.16. The van der Waals surface area contributed by atoms with E-state index in [1.807, 2.05) is 32.9 Å². The van der Waals surface area contributed by atoms with Gasteiger partial charge in [-0.05, 0) is 50.5 Å². The molecule has 2 aromatic carbocycles. The maximum atomic E-state index is 12.3. The Morgan fingerprint density at radius 1 is 1.17 bits per heavy atom. The van der Waals surface area contributed by atoms with Gasteiger partial charge in [-0.1, -0.05) is 36.8 Å². The SMILES string of the molecule is CCCOc1ccccc1C(=O)NN=Cc1c(C)cc(C)cc1C. The number of carbonyl (C=O) groups is 1. The summed E-state index contributed by atoms with van der Waals surface area (Å²) in [4.78, 5) is 12.3. The molecular weight excluding hydrogens is 300 g/mol. The summed E-state index contributed by atoms with van der Waals surface area (Å²) in [6.45, 7) is 8.75. The van der Waals surface area contributed by atoms with Crippen LogP contribution in [0.1, 0.15) is 46.0 Å². The van der Waals surface area contributed by atoms with Crippen LogP contribution < -0.4 is 10.2 Å². The molecule has 126 valence electrons. The lowest BCUT2D eigenvalue weighted by atomic mass is 10.0. The first-order valence-electron chi connectivity index (χ1n) is 8.16. The molecule has 1 amide bonds. The van der Waals surface area contributed by atoms with Crippen LogP contribution in [-0.2, 0) is 0 Å². The molecule has 0 spiro atoms. The maximum Gasteiger partial charge on any atom is 0.275 e. The van der Waals surface area contributed by atoms with Crippen molar-refractivity contribution in [3.05, 3.63) is 64.2 Å². The smallest absolute Gasteiger partial charge is 0.275 e. The number of nitrogens with one attached hydrogen (secondary N) is 1. The van der Waals surface area contributed by atoms with Crippen molar-refractivity contribution >= 4 is 12.1 Å². The molecular formula is C20H24N2O2. The third-order valence-electron chi connectivity index (χ3n) is 3.69. The zero-order chi connectivity index (χ0) is 17.5. The normalized spacial score (nSPS) is 10.8. The molecule has 0 aliphatic heterocycles. The Morgan fingerprint density at radius 2 is 1.83 bits per heavy atom. The zero-order valence-electron chi connectivity index (χ0n) is 14.7. The summed E-state index contributed by atoms with van der Waals surface area (Å²) in [6.07, 6.45) is 2.58. The molecule has 0 aromatic heterocycles. The van der Waals surface area contributed by atoms with E-state index < -0.39 is 0 Å². The molecule has 24 heavy (non-hydrogen) atoms. The van der Waals surface area contributed by atoms with Crippen molar-refractivity contribution in [1.82, 2.24) is 5.43 Å². The lowest BCUT2D eigenvalue weighted by Gasteiger charge is -2.09. The second-order valence-electron chi connectivity index (χ2n) is 5.86. The molecule has 0 saturated carbocycles. The molecule has 4 nitrogen and oxygen atoms in total. The molecule has 0 saturated heterocycles. The summed E-state index contributed by atoms with van der Waals surface area (Å²) in [6, 6.07) is 11.4. The van der Waals surface area contributed by atoms with Crippen molar-refractivity contribution in [2.24, 2.45) is 5.10 Å². The van der Waals surface area contributed by atoms with E-state index in [1.54, 1.807) is 18.3 Å². The summed E-state index contributed by atoms with van der Waals surface area (Å²) in [7, 11) is 0. The first-order chi connectivity index (χ1) is 11.5. The largest absolute Gasteiger partial charge is 0.493 e. The highest BCUT2D eigenvalue weighted by atomic mass is 16.5. The van der Waals surface area contributed by atoms with Crippen LogP contribution in [0.2, 0.25) is 0 Å². The molecule has 0 atom stereocenters. The van der Waals surface area contributed by atoms with Gasteiger partial charge in [0.15, 0.2) is 0 Å². The van der Waals surface area contributed by atoms with E-state index in [0.717, 1.165) is 23.1 Å². The van der Waals surface area contributed by atoms with Gasteiger partial charge in [-0.2, -0.15) is 5.10 Å². The van der Waals surface area contributed by atoms with Crippen molar-refractivity contribution in [3.8, 4) is 5.75 Å². The number of benzene rings is 2. The van der Waals surface area contributed by atoms with Gasteiger partial charge in [0.25, 0.3) is 5.91 Å². The maximum absolute atomic E-state index is 12.3. The van der Waals surface area contributed by atoms with Crippen molar-refractivity contribution in [3.63, 3.8) is 0 Å². The fourth-order valence-electron chi connectivity index (χ4n) is 2.60. The Bertz CT molecular complexity index is 728. The number of hydrogen-bond acceptors (Lipinski definition) is 3. The second kappa shape index (κ2) is 8.29. The molecule has 0 bridgehead atoms. The lowest BCUT2D eigenvalue weighted by molar-refractivity contribution is 0.0951.